The molecule has 1 aliphatic heterocycles. The van der Waals surface area contributed by atoms with E-state index in [4.69, 9.17) is 4.74 Å². The molecule has 0 radical (unpaired) electrons. The molecular weight excluding hydrogens is 314 g/mol. The fourth-order valence-corrected chi connectivity index (χ4v) is 5.89. The molecule has 3 rings (SSSR count). The lowest BCUT2D eigenvalue weighted by molar-refractivity contribution is -0.163. The first kappa shape index (κ1) is 17.2. The minimum Gasteiger partial charge on any atom is -0.462 e. The largest absolute Gasteiger partial charge is 0.462 e. The van der Waals surface area contributed by atoms with Crippen LogP contribution in [0, 0.1) is 22.7 Å². The molecular formula is C17H29NO4S. The van der Waals surface area contributed by atoms with E-state index in [9.17, 15) is 13.2 Å². The second-order valence-electron chi connectivity index (χ2n) is 8.50. The van der Waals surface area contributed by atoms with E-state index in [1.807, 2.05) is 0 Å². The third-order valence-corrected chi connectivity index (χ3v) is 8.43. The maximum atomic E-state index is 12.6. The summed E-state index contributed by atoms with van der Waals surface area (Å²) < 4.78 is 30.8. The first-order valence-corrected chi connectivity index (χ1v) is 10.6. The molecule has 3 fully saturated rings. The lowest BCUT2D eigenvalue weighted by Crippen LogP contribution is -2.44. The maximum absolute atomic E-state index is 12.6. The molecule has 4 atom stereocenters. The Morgan fingerprint density at radius 1 is 1.22 bits per heavy atom. The Bertz CT molecular complexity index is 600. The van der Waals surface area contributed by atoms with Crippen LogP contribution < -0.4 is 0 Å². The van der Waals surface area contributed by atoms with Gasteiger partial charge in [-0.15, -0.1) is 0 Å². The second kappa shape index (κ2) is 5.45. The molecule has 2 bridgehead atoms. The summed E-state index contributed by atoms with van der Waals surface area (Å²) in [6.07, 6.45) is 5.94. The standard InChI is InChI=1S/C17H29NO4S/c1-16(2)13-7-8-17(16,3)14(10-13)22-15(19)12-6-5-9-18(11-12)23(4,20)21/h12-14H,5-11H2,1-4H3/t12-,13-,14-,17-/m0/s1. The summed E-state index contributed by atoms with van der Waals surface area (Å²) in [6, 6.07) is 0. The Balaban J connectivity index is 1.66. The molecule has 0 amide bonds. The number of esters is 1. The monoisotopic (exact) mass is 343 g/mol. The predicted octanol–water partition coefficient (Wildman–Crippen LogP) is 2.42. The van der Waals surface area contributed by atoms with Crippen LogP contribution in [0.3, 0.4) is 0 Å². The van der Waals surface area contributed by atoms with Gasteiger partial charge in [-0.1, -0.05) is 20.8 Å². The van der Waals surface area contributed by atoms with Gasteiger partial charge in [-0.05, 0) is 43.4 Å². The van der Waals surface area contributed by atoms with Crippen molar-refractivity contribution in [1.29, 1.82) is 0 Å². The van der Waals surface area contributed by atoms with Gasteiger partial charge in [-0.2, -0.15) is 0 Å². The quantitative estimate of drug-likeness (QED) is 0.738. The molecule has 0 aromatic rings. The van der Waals surface area contributed by atoms with Crippen molar-refractivity contribution in [2.24, 2.45) is 22.7 Å². The van der Waals surface area contributed by atoms with Crippen LogP contribution in [-0.2, 0) is 19.6 Å². The minimum atomic E-state index is -3.23. The summed E-state index contributed by atoms with van der Waals surface area (Å²) in [5.74, 6) is 0.112. The van der Waals surface area contributed by atoms with Crippen molar-refractivity contribution in [3.05, 3.63) is 0 Å². The topological polar surface area (TPSA) is 63.7 Å². The smallest absolute Gasteiger partial charge is 0.310 e. The third-order valence-electron chi connectivity index (χ3n) is 7.16. The van der Waals surface area contributed by atoms with E-state index >= 15 is 0 Å². The van der Waals surface area contributed by atoms with E-state index < -0.39 is 10.0 Å². The highest BCUT2D eigenvalue weighted by Crippen LogP contribution is 2.66. The van der Waals surface area contributed by atoms with Crippen LogP contribution in [0.25, 0.3) is 0 Å². The second-order valence-corrected chi connectivity index (χ2v) is 10.5. The first-order chi connectivity index (χ1) is 10.6. The Morgan fingerprint density at radius 3 is 2.43 bits per heavy atom. The average Bonchev–Trinajstić information content (AvgIpc) is 2.80. The summed E-state index contributed by atoms with van der Waals surface area (Å²) in [5.41, 5.74) is 0.266. The molecule has 0 unspecified atom stereocenters. The van der Waals surface area contributed by atoms with Gasteiger partial charge < -0.3 is 4.74 Å². The molecule has 2 saturated carbocycles. The van der Waals surface area contributed by atoms with Crippen LogP contribution in [-0.4, -0.2) is 44.1 Å². The molecule has 5 nitrogen and oxygen atoms in total. The molecule has 1 saturated heterocycles. The summed E-state index contributed by atoms with van der Waals surface area (Å²) in [5, 5.41) is 0. The lowest BCUT2D eigenvalue weighted by atomic mass is 9.70. The number of nitrogens with zero attached hydrogens (tertiary/aromatic N) is 1. The van der Waals surface area contributed by atoms with Gasteiger partial charge in [0.05, 0.1) is 12.2 Å². The molecule has 23 heavy (non-hydrogen) atoms. The van der Waals surface area contributed by atoms with Crippen molar-refractivity contribution in [3.8, 4) is 0 Å². The highest BCUT2D eigenvalue weighted by atomic mass is 32.2. The van der Waals surface area contributed by atoms with E-state index in [-0.39, 0.29) is 35.4 Å². The van der Waals surface area contributed by atoms with E-state index in [0.717, 1.165) is 25.7 Å². The number of carbonyl (C=O) groups is 1. The molecule has 2 aliphatic carbocycles. The molecule has 0 aromatic heterocycles. The number of carbonyl (C=O) groups excluding carboxylic acids is 1. The van der Waals surface area contributed by atoms with Crippen molar-refractivity contribution >= 4 is 16.0 Å². The van der Waals surface area contributed by atoms with Crippen LogP contribution in [0.15, 0.2) is 0 Å². The zero-order chi connectivity index (χ0) is 17.0. The van der Waals surface area contributed by atoms with Crippen LogP contribution in [0.1, 0.15) is 52.9 Å². The van der Waals surface area contributed by atoms with E-state index in [2.05, 4.69) is 20.8 Å². The van der Waals surface area contributed by atoms with Gasteiger partial charge in [-0.25, -0.2) is 12.7 Å². The zero-order valence-corrected chi connectivity index (χ0v) is 15.5. The van der Waals surface area contributed by atoms with Gasteiger partial charge in [0, 0.05) is 18.5 Å². The third kappa shape index (κ3) is 2.72. The summed E-state index contributed by atoms with van der Waals surface area (Å²) in [4.78, 5) is 12.6. The molecule has 0 N–H and O–H groups in total. The Hall–Kier alpha value is -0.620. The number of fused-ring (bicyclic) bond motifs is 2. The van der Waals surface area contributed by atoms with Gasteiger partial charge >= 0.3 is 5.97 Å². The highest BCUT2D eigenvalue weighted by molar-refractivity contribution is 7.88. The number of piperidine rings is 1. The zero-order valence-electron chi connectivity index (χ0n) is 14.7. The van der Waals surface area contributed by atoms with Crippen molar-refractivity contribution in [2.45, 2.75) is 59.0 Å². The first-order valence-electron chi connectivity index (χ1n) is 8.71. The number of rotatable bonds is 3. The normalized spacial score (nSPS) is 40.3. The van der Waals surface area contributed by atoms with E-state index in [1.165, 1.54) is 17.0 Å². The van der Waals surface area contributed by atoms with Crippen molar-refractivity contribution in [2.75, 3.05) is 19.3 Å². The van der Waals surface area contributed by atoms with Crippen LogP contribution in [0.2, 0.25) is 0 Å². The van der Waals surface area contributed by atoms with Gasteiger partial charge in [0.15, 0.2) is 0 Å². The van der Waals surface area contributed by atoms with Crippen LogP contribution in [0.5, 0.6) is 0 Å². The Morgan fingerprint density at radius 2 is 1.91 bits per heavy atom. The van der Waals surface area contributed by atoms with Gasteiger partial charge in [0.1, 0.15) is 6.10 Å². The van der Waals surface area contributed by atoms with Gasteiger partial charge in [0.25, 0.3) is 0 Å². The van der Waals surface area contributed by atoms with E-state index in [1.54, 1.807) is 0 Å². The lowest BCUT2D eigenvalue weighted by Gasteiger charge is -2.39. The Kier molecular flexibility index (Phi) is 4.08. The number of sulfonamides is 1. The van der Waals surface area contributed by atoms with Crippen LogP contribution >= 0.6 is 0 Å². The average molecular weight is 343 g/mol. The van der Waals surface area contributed by atoms with Gasteiger partial charge in [-0.3, -0.25) is 4.79 Å². The summed E-state index contributed by atoms with van der Waals surface area (Å²) >= 11 is 0. The molecule has 0 aromatic carbocycles. The maximum Gasteiger partial charge on any atom is 0.310 e. The number of ether oxygens (including phenoxy) is 1. The van der Waals surface area contributed by atoms with Gasteiger partial charge in [0.2, 0.25) is 10.0 Å². The summed E-state index contributed by atoms with van der Waals surface area (Å²) in [6.45, 7) is 7.63. The predicted molar refractivity (Wildman–Crippen MR) is 88.2 cm³/mol. The fourth-order valence-electron chi connectivity index (χ4n) is 4.98. The summed E-state index contributed by atoms with van der Waals surface area (Å²) in [7, 11) is -3.23. The molecule has 1 heterocycles. The molecule has 0 spiro atoms. The fraction of sp³-hybridized carbons (Fsp3) is 0.941. The molecule has 6 heteroatoms. The van der Waals surface area contributed by atoms with Crippen molar-refractivity contribution < 1.29 is 17.9 Å². The van der Waals surface area contributed by atoms with E-state index in [0.29, 0.717) is 12.5 Å². The minimum absolute atomic E-state index is 0.0163. The SMILES string of the molecule is CC1(C)[C@H]2CC[C@@]1(C)[C@@H](OC(=O)[C@H]1CCCN(S(C)(=O)=O)C1)C2. The number of hydrogen-bond donors (Lipinski definition) is 0. The van der Waals surface area contributed by atoms with Crippen molar-refractivity contribution in [1.82, 2.24) is 4.31 Å². The molecule has 3 aliphatic rings. The van der Waals surface area contributed by atoms with Crippen LogP contribution in [0.4, 0.5) is 0 Å². The number of hydrogen-bond acceptors (Lipinski definition) is 4. The molecule has 132 valence electrons. The van der Waals surface area contributed by atoms with Crippen molar-refractivity contribution in [3.63, 3.8) is 0 Å². The Labute approximate surface area is 139 Å². The highest BCUT2D eigenvalue weighted by Gasteiger charge is 2.63.